The predicted octanol–water partition coefficient (Wildman–Crippen LogP) is 3.99. The molecule has 0 fully saturated rings. The number of hydrogen-bond acceptors (Lipinski definition) is 5. The molecule has 0 saturated carbocycles. The summed E-state index contributed by atoms with van der Waals surface area (Å²) in [4.78, 5) is 20.9. The van der Waals surface area contributed by atoms with E-state index in [-0.39, 0.29) is 17.5 Å². The number of nitrogens with zero attached hydrogens (tertiary/aromatic N) is 4. The van der Waals surface area contributed by atoms with Crippen molar-refractivity contribution in [3.63, 3.8) is 0 Å². The van der Waals surface area contributed by atoms with Crippen LogP contribution in [0.3, 0.4) is 0 Å². The van der Waals surface area contributed by atoms with Crippen LogP contribution in [0.15, 0.2) is 66.1 Å². The Morgan fingerprint density at radius 3 is 2.82 bits per heavy atom. The third-order valence-electron chi connectivity index (χ3n) is 4.14. The van der Waals surface area contributed by atoms with Gasteiger partial charge in [0, 0.05) is 5.69 Å². The summed E-state index contributed by atoms with van der Waals surface area (Å²) in [6.45, 7) is 1.81. The second-order valence-electron chi connectivity index (χ2n) is 6.10. The number of halogens is 1. The highest BCUT2D eigenvalue weighted by atomic mass is 32.2. The van der Waals surface area contributed by atoms with Crippen LogP contribution < -0.4 is 5.32 Å². The van der Waals surface area contributed by atoms with Gasteiger partial charge < -0.3 is 5.32 Å². The molecule has 140 valence electrons. The number of benzene rings is 2. The molecule has 2 heterocycles. The van der Waals surface area contributed by atoms with Crippen molar-refractivity contribution in [1.29, 1.82) is 0 Å². The minimum atomic E-state index is -0.389. The summed E-state index contributed by atoms with van der Waals surface area (Å²) in [7, 11) is 0. The van der Waals surface area contributed by atoms with Crippen LogP contribution in [0.25, 0.3) is 16.7 Å². The number of para-hydroxylation sites is 1. The summed E-state index contributed by atoms with van der Waals surface area (Å²) in [5.74, 6) is -0.487. The van der Waals surface area contributed by atoms with Crippen LogP contribution in [0.4, 0.5) is 10.1 Å². The number of nitrogens with one attached hydrogen (secondary N) is 1. The Morgan fingerprint density at radius 1 is 1.18 bits per heavy atom. The zero-order chi connectivity index (χ0) is 19.5. The molecule has 0 radical (unpaired) electrons. The van der Waals surface area contributed by atoms with Gasteiger partial charge in [-0.1, -0.05) is 36.0 Å². The van der Waals surface area contributed by atoms with Gasteiger partial charge in [0.2, 0.25) is 5.91 Å². The van der Waals surface area contributed by atoms with Crippen molar-refractivity contribution in [3.05, 3.63) is 72.4 Å². The van der Waals surface area contributed by atoms with E-state index in [2.05, 4.69) is 20.4 Å². The number of amides is 1. The number of rotatable bonds is 5. The lowest BCUT2D eigenvalue weighted by Gasteiger charge is -2.08. The molecule has 6 nitrogen and oxygen atoms in total. The predicted molar refractivity (Wildman–Crippen MR) is 107 cm³/mol. The van der Waals surface area contributed by atoms with Crippen molar-refractivity contribution in [2.45, 2.75) is 11.9 Å². The van der Waals surface area contributed by atoms with Crippen molar-refractivity contribution in [1.82, 2.24) is 19.7 Å². The molecular weight excluding hydrogens is 377 g/mol. The van der Waals surface area contributed by atoms with E-state index >= 15 is 0 Å². The molecule has 0 saturated heterocycles. The molecule has 0 atom stereocenters. The Hall–Kier alpha value is -3.26. The molecule has 28 heavy (non-hydrogen) atoms. The fourth-order valence-electron chi connectivity index (χ4n) is 2.74. The number of anilines is 1. The van der Waals surface area contributed by atoms with Gasteiger partial charge in [0.05, 0.1) is 23.0 Å². The first-order chi connectivity index (χ1) is 13.6. The van der Waals surface area contributed by atoms with Crippen molar-refractivity contribution in [3.8, 4) is 5.69 Å². The van der Waals surface area contributed by atoms with Gasteiger partial charge >= 0.3 is 0 Å². The average Bonchev–Trinajstić information content (AvgIpc) is 3.14. The van der Waals surface area contributed by atoms with Gasteiger partial charge in [0.1, 0.15) is 17.2 Å². The van der Waals surface area contributed by atoms with Crippen LogP contribution in [0.2, 0.25) is 0 Å². The van der Waals surface area contributed by atoms with Crippen LogP contribution in [0, 0.1) is 12.7 Å². The molecule has 4 aromatic rings. The summed E-state index contributed by atoms with van der Waals surface area (Å²) >= 11 is 1.29. The summed E-state index contributed by atoms with van der Waals surface area (Å²) in [6, 6.07) is 14.0. The van der Waals surface area contributed by atoms with E-state index in [0.717, 1.165) is 16.6 Å². The number of carbonyl (C=O) groups is 1. The molecule has 0 bridgehead atoms. The lowest BCUT2D eigenvalue weighted by molar-refractivity contribution is -0.113. The first-order valence-corrected chi connectivity index (χ1v) is 9.53. The summed E-state index contributed by atoms with van der Waals surface area (Å²) < 4.78 is 15.1. The Balaban J connectivity index is 1.52. The topological polar surface area (TPSA) is 72.7 Å². The minimum absolute atomic E-state index is 0.137. The van der Waals surface area contributed by atoms with Gasteiger partial charge in [0.15, 0.2) is 5.65 Å². The molecule has 1 amide bonds. The number of thioether (sulfide) groups is 1. The Kier molecular flexibility index (Phi) is 5.03. The van der Waals surface area contributed by atoms with Gasteiger partial charge in [-0.15, -0.1) is 0 Å². The molecule has 0 aliphatic carbocycles. The number of aryl methyl sites for hydroxylation is 1. The van der Waals surface area contributed by atoms with Crippen molar-refractivity contribution in [2.75, 3.05) is 11.1 Å². The summed E-state index contributed by atoms with van der Waals surface area (Å²) in [5.41, 5.74) is 2.83. The fraction of sp³-hybridized carbons (Fsp3) is 0.100. The second kappa shape index (κ2) is 7.77. The maximum absolute atomic E-state index is 13.4. The molecule has 0 unspecified atom stereocenters. The average molecular weight is 393 g/mol. The third-order valence-corrected chi connectivity index (χ3v) is 5.15. The fourth-order valence-corrected chi connectivity index (χ4v) is 3.51. The van der Waals surface area contributed by atoms with Crippen LogP contribution in [-0.2, 0) is 4.79 Å². The highest BCUT2D eigenvalue weighted by Gasteiger charge is 2.13. The first-order valence-electron chi connectivity index (χ1n) is 8.55. The Labute approximate surface area is 164 Å². The highest BCUT2D eigenvalue weighted by molar-refractivity contribution is 8.00. The van der Waals surface area contributed by atoms with Crippen LogP contribution in [0.5, 0.6) is 0 Å². The molecule has 1 N–H and O–H groups in total. The molecule has 8 heteroatoms. The number of fused-ring (bicyclic) bond motifs is 1. The van der Waals surface area contributed by atoms with E-state index in [1.807, 2.05) is 37.3 Å². The highest BCUT2D eigenvalue weighted by Crippen LogP contribution is 2.26. The van der Waals surface area contributed by atoms with E-state index in [9.17, 15) is 9.18 Å². The lowest BCUT2D eigenvalue weighted by atomic mass is 10.2. The normalized spacial score (nSPS) is 10.9. The maximum atomic E-state index is 13.4. The van der Waals surface area contributed by atoms with E-state index in [0.29, 0.717) is 16.4 Å². The summed E-state index contributed by atoms with van der Waals surface area (Å²) in [6.07, 6.45) is 3.15. The largest absolute Gasteiger partial charge is 0.325 e. The first kappa shape index (κ1) is 18.1. The summed E-state index contributed by atoms with van der Waals surface area (Å²) in [5, 5.41) is 8.57. The van der Waals surface area contributed by atoms with Gasteiger partial charge in [-0.25, -0.2) is 19.0 Å². The zero-order valence-electron chi connectivity index (χ0n) is 15.0. The van der Waals surface area contributed by atoms with E-state index in [4.69, 9.17) is 0 Å². The third kappa shape index (κ3) is 3.72. The number of aromatic nitrogens is 4. The van der Waals surface area contributed by atoms with Gasteiger partial charge in [-0.2, -0.15) is 5.10 Å². The van der Waals surface area contributed by atoms with Crippen molar-refractivity contribution in [2.24, 2.45) is 0 Å². The van der Waals surface area contributed by atoms with Gasteiger partial charge in [-0.05, 0) is 36.8 Å². The molecular formula is C20H16FN5OS. The molecule has 2 aromatic heterocycles. The quantitative estimate of drug-likeness (QED) is 0.410. The Morgan fingerprint density at radius 2 is 2.00 bits per heavy atom. The van der Waals surface area contributed by atoms with Gasteiger partial charge in [-0.3, -0.25) is 4.79 Å². The van der Waals surface area contributed by atoms with Gasteiger partial charge in [0.25, 0.3) is 0 Å². The maximum Gasteiger partial charge on any atom is 0.234 e. The van der Waals surface area contributed by atoms with Crippen LogP contribution in [-0.4, -0.2) is 31.4 Å². The lowest BCUT2D eigenvalue weighted by Crippen LogP contribution is -2.15. The van der Waals surface area contributed by atoms with Crippen molar-refractivity contribution >= 4 is 34.4 Å². The smallest absolute Gasteiger partial charge is 0.234 e. The van der Waals surface area contributed by atoms with Crippen LogP contribution >= 0.6 is 11.8 Å². The minimum Gasteiger partial charge on any atom is -0.325 e. The zero-order valence-corrected chi connectivity index (χ0v) is 15.8. The van der Waals surface area contributed by atoms with E-state index in [1.165, 1.54) is 30.2 Å². The number of hydrogen-bond donors (Lipinski definition) is 1. The Bertz CT molecular complexity index is 1150. The van der Waals surface area contributed by atoms with Crippen molar-refractivity contribution < 1.29 is 9.18 Å². The van der Waals surface area contributed by atoms with Crippen LogP contribution in [0.1, 0.15) is 5.56 Å². The molecule has 0 aliphatic heterocycles. The van der Waals surface area contributed by atoms with E-state index < -0.39 is 0 Å². The monoisotopic (exact) mass is 393 g/mol. The molecule has 0 spiro atoms. The SMILES string of the molecule is Cc1ccc(F)cc1NC(=O)CSc1ncnc2c1cnn2-c1ccccc1. The molecule has 2 aromatic carbocycles. The number of carbonyl (C=O) groups excluding carboxylic acids is 1. The molecule has 4 rings (SSSR count). The molecule has 0 aliphatic rings. The van der Waals surface area contributed by atoms with E-state index in [1.54, 1.807) is 16.9 Å². The second-order valence-corrected chi connectivity index (χ2v) is 7.07. The standard InChI is InChI=1S/C20H16FN5OS/c1-13-7-8-14(21)9-17(13)25-18(27)11-28-20-16-10-24-26(19(16)22-12-23-20)15-5-3-2-4-6-15/h2-10,12H,11H2,1H3,(H,25,27).